The molecule has 0 unspecified atom stereocenters. The maximum Gasteiger partial charge on any atom is 0.330 e. The first kappa shape index (κ1) is 27.6. The Kier molecular flexibility index (Phi) is 7.51. The van der Waals surface area contributed by atoms with Crippen molar-refractivity contribution in [3.05, 3.63) is 83.5 Å². The van der Waals surface area contributed by atoms with Gasteiger partial charge in [-0.2, -0.15) is 8.42 Å². The van der Waals surface area contributed by atoms with Crippen molar-refractivity contribution < 1.29 is 36.2 Å². The van der Waals surface area contributed by atoms with E-state index in [1.807, 2.05) is 29.8 Å². The first-order valence-corrected chi connectivity index (χ1v) is 16.1. The van der Waals surface area contributed by atoms with Gasteiger partial charge in [-0.15, -0.1) is 0 Å². The van der Waals surface area contributed by atoms with Crippen molar-refractivity contribution in [2.45, 2.75) is 32.3 Å². The molecule has 0 saturated heterocycles. The number of sulfone groups is 1. The smallest absolute Gasteiger partial charge is 0.330 e. The third kappa shape index (κ3) is 6.26. The van der Waals surface area contributed by atoms with E-state index in [9.17, 15) is 21.9 Å². The molecule has 2 aliphatic rings. The summed E-state index contributed by atoms with van der Waals surface area (Å²) in [4.78, 5) is 4.43. The van der Waals surface area contributed by atoms with Gasteiger partial charge >= 0.3 is 10.2 Å². The number of nitrogens with one attached hydrogen (secondary N) is 1. The van der Waals surface area contributed by atoms with Crippen LogP contribution in [0.5, 0.6) is 23.1 Å². The number of benzene rings is 2. The van der Waals surface area contributed by atoms with Crippen LogP contribution in [-0.2, 0) is 26.5 Å². The van der Waals surface area contributed by atoms with Gasteiger partial charge in [-0.1, -0.05) is 12.1 Å². The molecule has 1 atom stereocenters. The molecular formula is C27H29N3O8S2. The Balaban J connectivity index is 1.24. The molecule has 2 N–H and O–H groups in total. The summed E-state index contributed by atoms with van der Waals surface area (Å²) < 4.78 is 67.7. The lowest BCUT2D eigenvalue weighted by atomic mass is 10.1. The average molecular weight is 588 g/mol. The molecular weight excluding hydrogens is 558 g/mol. The van der Waals surface area contributed by atoms with Gasteiger partial charge in [0.25, 0.3) is 0 Å². The number of aliphatic hydroxyl groups is 1. The van der Waals surface area contributed by atoms with Crippen LogP contribution in [0.4, 0.5) is 5.69 Å². The Morgan fingerprint density at radius 3 is 2.55 bits per heavy atom. The molecule has 2 aromatic carbocycles. The molecule has 2 heterocycles. The number of anilines is 1. The van der Waals surface area contributed by atoms with Crippen LogP contribution in [0.1, 0.15) is 35.8 Å². The fraction of sp³-hybridized carbons (Fsp3) is 0.296. The molecule has 212 valence electrons. The van der Waals surface area contributed by atoms with Gasteiger partial charge in [-0.3, -0.25) is 0 Å². The number of fused-ring (bicyclic) bond motifs is 1. The number of hydrogen-bond acceptors (Lipinski definition) is 9. The molecule has 0 saturated carbocycles. The first-order valence-electron chi connectivity index (χ1n) is 12.6. The molecule has 13 heteroatoms. The van der Waals surface area contributed by atoms with E-state index in [0.29, 0.717) is 40.9 Å². The zero-order valence-corrected chi connectivity index (χ0v) is 23.5. The summed E-state index contributed by atoms with van der Waals surface area (Å²) in [7, 11) is -6.88. The van der Waals surface area contributed by atoms with E-state index >= 15 is 0 Å². The predicted molar refractivity (Wildman–Crippen MR) is 149 cm³/mol. The van der Waals surface area contributed by atoms with E-state index in [-0.39, 0.29) is 18.5 Å². The maximum absolute atomic E-state index is 12.1. The Hall–Kier alpha value is -3.97. The van der Waals surface area contributed by atoms with Crippen molar-refractivity contribution in [2.75, 3.05) is 22.9 Å². The lowest BCUT2D eigenvalue weighted by Crippen LogP contribution is -2.29. The monoisotopic (exact) mass is 587 g/mol. The van der Waals surface area contributed by atoms with Gasteiger partial charge in [0.2, 0.25) is 11.8 Å². The minimum absolute atomic E-state index is 0.0615. The van der Waals surface area contributed by atoms with Crippen molar-refractivity contribution >= 4 is 25.7 Å². The van der Waals surface area contributed by atoms with Gasteiger partial charge in [0.05, 0.1) is 29.9 Å². The predicted octanol–water partition coefficient (Wildman–Crippen LogP) is 4.07. The standard InChI is InChI=1S/C27H29N3O8S2/c1-18-23(13-14-27(28-18)36-15-4-16-39(2,32)33)38-24-6-3-5-21-22(24)11-12-25(21)37-20-9-7-19(8-10-20)30-17-26(31)29-40(30,34)35/h3,5-10,13-14,17,25,29,31H,4,11-12,15-16H2,1-2H3/t25-/m1/s1. The number of ether oxygens (including phenoxy) is 3. The molecule has 1 aliphatic carbocycles. The van der Waals surface area contributed by atoms with Gasteiger partial charge in [0, 0.05) is 17.9 Å². The van der Waals surface area contributed by atoms with E-state index in [4.69, 9.17) is 14.2 Å². The molecule has 1 aromatic heterocycles. The van der Waals surface area contributed by atoms with Crippen molar-refractivity contribution in [3.63, 3.8) is 0 Å². The minimum atomic E-state index is -3.86. The van der Waals surface area contributed by atoms with Crippen LogP contribution in [0.25, 0.3) is 0 Å². The van der Waals surface area contributed by atoms with E-state index in [1.165, 1.54) is 6.26 Å². The van der Waals surface area contributed by atoms with Crippen LogP contribution in [0.2, 0.25) is 0 Å². The molecule has 40 heavy (non-hydrogen) atoms. The number of rotatable bonds is 10. The Morgan fingerprint density at radius 2 is 1.88 bits per heavy atom. The zero-order valence-electron chi connectivity index (χ0n) is 21.9. The van der Waals surface area contributed by atoms with Crippen LogP contribution in [0.15, 0.2) is 66.7 Å². The number of aryl methyl sites for hydroxylation is 1. The topological polar surface area (TPSA) is 144 Å². The highest BCUT2D eigenvalue weighted by atomic mass is 32.2. The molecule has 5 rings (SSSR count). The van der Waals surface area contributed by atoms with Crippen LogP contribution in [0, 0.1) is 6.92 Å². The van der Waals surface area contributed by atoms with Crippen molar-refractivity contribution in [1.82, 2.24) is 9.71 Å². The molecule has 0 spiro atoms. The normalized spacial score (nSPS) is 17.6. The second-order valence-electron chi connectivity index (χ2n) is 9.55. The van der Waals surface area contributed by atoms with E-state index < -0.39 is 25.9 Å². The number of nitrogens with zero attached hydrogens (tertiary/aromatic N) is 2. The molecule has 11 nitrogen and oxygen atoms in total. The zero-order chi connectivity index (χ0) is 28.5. The van der Waals surface area contributed by atoms with Crippen LogP contribution in [0.3, 0.4) is 0 Å². The lowest BCUT2D eigenvalue weighted by Gasteiger charge is -2.18. The summed E-state index contributed by atoms with van der Waals surface area (Å²) in [5.41, 5.74) is 3.06. The van der Waals surface area contributed by atoms with E-state index in [0.717, 1.165) is 34.5 Å². The number of aliphatic hydroxyl groups excluding tert-OH is 1. The fourth-order valence-corrected chi connectivity index (χ4v) is 6.26. The third-order valence-electron chi connectivity index (χ3n) is 6.42. The SMILES string of the molecule is Cc1nc(OCCCS(C)(=O)=O)ccc1Oc1cccc2c1CC[C@H]2Oc1ccc(N2C=C(O)NS2(=O)=O)cc1. The second kappa shape index (κ2) is 10.9. The van der Waals surface area contributed by atoms with Crippen molar-refractivity contribution in [3.8, 4) is 23.1 Å². The van der Waals surface area contributed by atoms with Crippen LogP contribution >= 0.6 is 0 Å². The largest absolute Gasteiger partial charge is 0.493 e. The molecule has 3 aromatic rings. The quantitative estimate of drug-likeness (QED) is 0.335. The average Bonchev–Trinajstić information content (AvgIpc) is 3.42. The molecule has 1 aliphatic heterocycles. The van der Waals surface area contributed by atoms with Gasteiger partial charge in [0.15, 0.2) is 0 Å². The van der Waals surface area contributed by atoms with Gasteiger partial charge < -0.3 is 19.3 Å². The molecule has 0 amide bonds. The Bertz CT molecular complexity index is 1660. The minimum Gasteiger partial charge on any atom is -0.493 e. The number of aromatic nitrogens is 1. The summed E-state index contributed by atoms with van der Waals surface area (Å²) in [6.45, 7) is 2.07. The summed E-state index contributed by atoms with van der Waals surface area (Å²) >= 11 is 0. The van der Waals surface area contributed by atoms with E-state index in [1.54, 1.807) is 36.4 Å². The summed E-state index contributed by atoms with van der Waals surface area (Å²) in [6.07, 6.45) is 3.98. The lowest BCUT2D eigenvalue weighted by molar-refractivity contribution is 0.207. The summed E-state index contributed by atoms with van der Waals surface area (Å²) in [5.74, 6) is 1.90. The fourth-order valence-electron chi connectivity index (χ4n) is 4.57. The summed E-state index contributed by atoms with van der Waals surface area (Å²) in [5, 5.41) is 9.51. The maximum atomic E-state index is 12.1. The van der Waals surface area contributed by atoms with E-state index in [2.05, 4.69) is 4.98 Å². The van der Waals surface area contributed by atoms with Crippen LogP contribution in [-0.4, -0.2) is 45.5 Å². The molecule has 0 radical (unpaired) electrons. The highest BCUT2D eigenvalue weighted by Crippen LogP contribution is 2.41. The number of pyridine rings is 1. The van der Waals surface area contributed by atoms with Crippen LogP contribution < -0.4 is 23.2 Å². The second-order valence-corrected chi connectivity index (χ2v) is 13.4. The van der Waals surface area contributed by atoms with Gasteiger partial charge in [0.1, 0.15) is 33.2 Å². The summed E-state index contributed by atoms with van der Waals surface area (Å²) in [6, 6.07) is 15.9. The van der Waals surface area contributed by atoms with Crippen molar-refractivity contribution in [1.29, 1.82) is 0 Å². The number of hydrogen-bond donors (Lipinski definition) is 2. The Morgan fingerprint density at radius 1 is 1.10 bits per heavy atom. The van der Waals surface area contributed by atoms with Gasteiger partial charge in [-0.05, 0) is 68.1 Å². The van der Waals surface area contributed by atoms with Crippen molar-refractivity contribution in [2.24, 2.45) is 0 Å². The highest BCUT2D eigenvalue weighted by Gasteiger charge is 2.30. The highest BCUT2D eigenvalue weighted by molar-refractivity contribution is 7.91. The Labute approximate surface area is 233 Å². The molecule has 0 bridgehead atoms. The first-order chi connectivity index (χ1) is 19.0. The van der Waals surface area contributed by atoms with Gasteiger partial charge in [-0.25, -0.2) is 22.4 Å². The third-order valence-corrected chi connectivity index (χ3v) is 8.75. The molecule has 0 fully saturated rings.